The van der Waals surface area contributed by atoms with Crippen molar-refractivity contribution in [1.29, 1.82) is 0 Å². The van der Waals surface area contributed by atoms with E-state index in [9.17, 15) is 8.78 Å². The van der Waals surface area contributed by atoms with Crippen LogP contribution in [0.1, 0.15) is 5.82 Å². The zero-order valence-electron chi connectivity index (χ0n) is 21.5. The first-order valence-electron chi connectivity index (χ1n) is 12.8. The molecule has 6 aromatic rings. The number of nitrogens with one attached hydrogen (secondary N) is 1. The lowest BCUT2D eigenvalue weighted by molar-refractivity contribution is 0.248. The van der Waals surface area contributed by atoms with Crippen LogP contribution in [0, 0.1) is 11.6 Å². The van der Waals surface area contributed by atoms with E-state index in [-0.39, 0.29) is 24.0 Å². The zero-order chi connectivity index (χ0) is 27.9. The van der Waals surface area contributed by atoms with Crippen LogP contribution in [0.15, 0.2) is 41.3 Å². The molecule has 0 saturated carbocycles. The summed E-state index contributed by atoms with van der Waals surface area (Å²) >= 11 is 0. The molecular formula is C24H23F2N13O2. The predicted molar refractivity (Wildman–Crippen MR) is 140 cm³/mol. The van der Waals surface area contributed by atoms with Crippen LogP contribution in [0.3, 0.4) is 0 Å². The predicted octanol–water partition coefficient (Wildman–Crippen LogP) is 1.51. The second-order valence-electron chi connectivity index (χ2n) is 9.43. The first-order chi connectivity index (χ1) is 20.0. The highest BCUT2D eigenvalue weighted by atomic mass is 19.1. The van der Waals surface area contributed by atoms with Crippen LogP contribution in [0.4, 0.5) is 20.4 Å². The van der Waals surface area contributed by atoms with E-state index in [1.165, 1.54) is 10.6 Å². The number of hydrogen-bond acceptors (Lipinski definition) is 12. The lowest BCUT2D eigenvalue weighted by atomic mass is 10.2. The van der Waals surface area contributed by atoms with Gasteiger partial charge in [-0.3, -0.25) is 4.90 Å². The molecule has 17 heteroatoms. The Morgan fingerprint density at radius 1 is 1.05 bits per heavy atom. The fraction of sp³-hybridized carbons (Fsp3) is 0.292. The molecule has 1 aromatic carbocycles. The van der Waals surface area contributed by atoms with Crippen LogP contribution in [0.5, 0.6) is 5.75 Å². The molecule has 3 N–H and O–H groups in total. The van der Waals surface area contributed by atoms with Gasteiger partial charge in [-0.1, -0.05) is 0 Å². The molecule has 1 fully saturated rings. The summed E-state index contributed by atoms with van der Waals surface area (Å²) in [7, 11) is 0. The number of furan rings is 1. The van der Waals surface area contributed by atoms with Crippen molar-refractivity contribution in [1.82, 2.24) is 54.7 Å². The lowest BCUT2D eigenvalue weighted by Gasteiger charge is -2.36. The number of aromatic amines is 1. The van der Waals surface area contributed by atoms with Gasteiger partial charge in [0.1, 0.15) is 12.4 Å². The van der Waals surface area contributed by atoms with Crippen molar-refractivity contribution in [2.45, 2.75) is 13.2 Å². The molecule has 15 nitrogen and oxygen atoms in total. The summed E-state index contributed by atoms with van der Waals surface area (Å²) in [5, 5.41) is 17.5. The lowest BCUT2D eigenvalue weighted by Crippen LogP contribution is -2.47. The number of tetrazole rings is 1. The van der Waals surface area contributed by atoms with Gasteiger partial charge in [-0.25, -0.2) is 23.8 Å². The van der Waals surface area contributed by atoms with E-state index in [1.807, 2.05) is 9.47 Å². The number of halogens is 2. The second-order valence-corrected chi connectivity index (χ2v) is 9.43. The average molecular weight is 564 g/mol. The number of aromatic nitrogens is 10. The fourth-order valence-corrected chi connectivity index (χ4v) is 4.82. The number of fused-ring (bicyclic) bond motifs is 3. The van der Waals surface area contributed by atoms with Gasteiger partial charge in [0, 0.05) is 51.4 Å². The maximum absolute atomic E-state index is 14.7. The molecular weight excluding hydrogens is 540 g/mol. The van der Waals surface area contributed by atoms with E-state index >= 15 is 0 Å². The molecule has 1 aliphatic rings. The second kappa shape index (κ2) is 10.1. The Kier molecular flexibility index (Phi) is 6.11. The monoisotopic (exact) mass is 563 g/mol. The molecule has 0 spiro atoms. The van der Waals surface area contributed by atoms with Crippen LogP contribution < -0.4 is 15.4 Å². The van der Waals surface area contributed by atoms with Crippen molar-refractivity contribution in [3.63, 3.8) is 0 Å². The largest absolute Gasteiger partial charge is 0.482 e. The highest BCUT2D eigenvalue weighted by molar-refractivity contribution is 5.87. The number of nitrogens with zero attached hydrogens (tertiary/aromatic N) is 11. The number of nitrogen functional groups attached to an aromatic ring is 1. The first kappa shape index (κ1) is 24.8. The van der Waals surface area contributed by atoms with Crippen LogP contribution in [-0.4, -0.2) is 87.4 Å². The number of hydrogen-bond donors (Lipinski definition) is 2. The average Bonchev–Trinajstić information content (AvgIpc) is 3.78. The molecule has 7 rings (SSSR count). The first-order valence-corrected chi connectivity index (χ1v) is 12.8. The van der Waals surface area contributed by atoms with E-state index < -0.39 is 11.6 Å². The Bertz CT molecular complexity index is 1810. The molecule has 0 aliphatic carbocycles. The van der Waals surface area contributed by atoms with Crippen LogP contribution >= 0.6 is 0 Å². The van der Waals surface area contributed by atoms with E-state index in [4.69, 9.17) is 14.9 Å². The highest BCUT2D eigenvalue weighted by Gasteiger charge is 2.23. The Labute approximate surface area is 229 Å². The van der Waals surface area contributed by atoms with E-state index in [2.05, 4.69) is 45.6 Å². The third-order valence-electron chi connectivity index (χ3n) is 6.93. The summed E-state index contributed by atoms with van der Waals surface area (Å²) in [5.74, 6) is -0.0721. The number of ether oxygens (including phenoxy) is 1. The number of imidazole rings is 1. The number of H-pyrrole nitrogens is 1. The van der Waals surface area contributed by atoms with Crippen LogP contribution in [-0.2, 0) is 13.2 Å². The van der Waals surface area contributed by atoms with Crippen LogP contribution in [0.25, 0.3) is 28.4 Å². The summed E-state index contributed by atoms with van der Waals surface area (Å²) in [4.78, 5) is 17.7. The van der Waals surface area contributed by atoms with Gasteiger partial charge in [-0.15, -0.1) is 10.2 Å². The number of piperazine rings is 1. The minimum Gasteiger partial charge on any atom is -0.482 e. The molecule has 0 amide bonds. The van der Waals surface area contributed by atoms with Gasteiger partial charge < -0.3 is 24.4 Å². The third-order valence-corrected chi connectivity index (χ3v) is 6.93. The third kappa shape index (κ3) is 4.65. The van der Waals surface area contributed by atoms with Gasteiger partial charge in [0.05, 0.1) is 18.3 Å². The molecule has 1 saturated heterocycles. The molecule has 5 aromatic heterocycles. The maximum Gasteiger partial charge on any atom is 0.225 e. The summed E-state index contributed by atoms with van der Waals surface area (Å²) in [6.45, 7) is 3.72. The van der Waals surface area contributed by atoms with E-state index in [0.717, 1.165) is 6.07 Å². The maximum atomic E-state index is 14.7. The number of rotatable bonds is 8. The number of benzene rings is 1. The summed E-state index contributed by atoms with van der Waals surface area (Å²) < 4.78 is 43.3. The number of anilines is 2. The van der Waals surface area contributed by atoms with Crippen molar-refractivity contribution >= 4 is 28.4 Å². The van der Waals surface area contributed by atoms with Crippen LogP contribution in [0.2, 0.25) is 0 Å². The molecule has 1 aliphatic heterocycles. The molecule has 210 valence electrons. The summed E-state index contributed by atoms with van der Waals surface area (Å²) in [6.07, 6.45) is 3.26. The minimum atomic E-state index is -0.792. The van der Waals surface area contributed by atoms with Gasteiger partial charge in [0.25, 0.3) is 0 Å². The molecule has 41 heavy (non-hydrogen) atoms. The van der Waals surface area contributed by atoms with Crippen molar-refractivity contribution in [3.05, 3.63) is 54.3 Å². The Morgan fingerprint density at radius 2 is 1.93 bits per heavy atom. The van der Waals surface area contributed by atoms with Gasteiger partial charge in [0.2, 0.25) is 11.8 Å². The molecule has 6 heterocycles. The SMILES string of the molecule is Nc1nc2c(ncn2CCN2CCN(c3cc(OCc4nnn[nH]4)c(F)cc3F)CC2)c2nc(-c3ccco3)nn12. The van der Waals surface area contributed by atoms with Gasteiger partial charge in [-0.2, -0.15) is 9.50 Å². The highest BCUT2D eigenvalue weighted by Crippen LogP contribution is 2.29. The standard InChI is InChI=1S/C24H23F2N13O2/c25-14-10-15(26)18(41-12-19-31-34-35-32-19)11-16(14)37-6-3-36(4-7-37)5-8-38-13-28-20-22(38)30-24(27)39-23(20)29-21(33-39)17-2-1-9-40-17/h1-2,9-11,13H,3-8,12H2,(H2,27,30)(H,31,32,34,35). The zero-order valence-corrected chi connectivity index (χ0v) is 21.5. The summed E-state index contributed by atoms with van der Waals surface area (Å²) in [6, 6.07) is 5.74. The Hall–Kier alpha value is -5.19. The van der Waals surface area contributed by atoms with E-state index in [0.29, 0.717) is 73.5 Å². The van der Waals surface area contributed by atoms with Crippen molar-refractivity contribution < 1.29 is 17.9 Å². The van der Waals surface area contributed by atoms with Crippen molar-refractivity contribution in [2.75, 3.05) is 43.4 Å². The molecule has 0 unspecified atom stereocenters. The minimum absolute atomic E-state index is 0.0695. The summed E-state index contributed by atoms with van der Waals surface area (Å²) in [5.41, 5.74) is 8.15. The fourth-order valence-electron chi connectivity index (χ4n) is 4.82. The van der Waals surface area contributed by atoms with Crippen molar-refractivity contribution in [3.8, 4) is 17.3 Å². The van der Waals surface area contributed by atoms with E-state index in [1.54, 1.807) is 24.7 Å². The molecule has 0 atom stereocenters. The number of nitrogens with two attached hydrogens (primary N) is 1. The quantitative estimate of drug-likeness (QED) is 0.274. The van der Waals surface area contributed by atoms with Gasteiger partial charge in [0.15, 0.2) is 40.0 Å². The van der Waals surface area contributed by atoms with Gasteiger partial charge >= 0.3 is 0 Å². The van der Waals surface area contributed by atoms with Crippen molar-refractivity contribution in [2.24, 2.45) is 0 Å². The molecule has 0 radical (unpaired) electrons. The topological polar surface area (TPSA) is 170 Å². The molecule has 0 bridgehead atoms. The smallest absolute Gasteiger partial charge is 0.225 e. The Morgan fingerprint density at radius 3 is 2.71 bits per heavy atom. The Balaban J connectivity index is 1.01. The normalized spacial score (nSPS) is 14.4. The van der Waals surface area contributed by atoms with Gasteiger partial charge in [-0.05, 0) is 22.6 Å².